The summed E-state index contributed by atoms with van der Waals surface area (Å²) in [6.45, 7) is 6.63. The van der Waals surface area contributed by atoms with Crippen LogP contribution in [0.25, 0.3) is 0 Å². The van der Waals surface area contributed by atoms with Crippen molar-refractivity contribution in [3.63, 3.8) is 0 Å². The Morgan fingerprint density at radius 3 is 2.67 bits per heavy atom. The summed E-state index contributed by atoms with van der Waals surface area (Å²) in [6.07, 6.45) is 2.55. The summed E-state index contributed by atoms with van der Waals surface area (Å²) in [6, 6.07) is 7.78. The van der Waals surface area contributed by atoms with Gasteiger partial charge < -0.3 is 10.2 Å². The fourth-order valence-corrected chi connectivity index (χ4v) is 2.15. The highest BCUT2D eigenvalue weighted by molar-refractivity contribution is 5.99. The third kappa shape index (κ3) is 3.03. The number of hydrogen-bond acceptors (Lipinski definition) is 2. The third-order valence-electron chi connectivity index (χ3n) is 3.37. The molecule has 1 amide bonds. The van der Waals surface area contributed by atoms with E-state index in [1.54, 1.807) is 0 Å². The third-order valence-corrected chi connectivity index (χ3v) is 3.37. The minimum Gasteiger partial charge on any atom is -0.385 e. The maximum absolute atomic E-state index is 12.5. The smallest absolute Gasteiger partial charge is 0.255 e. The van der Waals surface area contributed by atoms with Crippen LogP contribution in [-0.4, -0.2) is 30.4 Å². The second-order valence-corrected chi connectivity index (χ2v) is 4.86. The molecule has 1 saturated carbocycles. The van der Waals surface area contributed by atoms with Crippen molar-refractivity contribution in [3.8, 4) is 0 Å². The first-order valence-corrected chi connectivity index (χ1v) is 6.88. The van der Waals surface area contributed by atoms with Gasteiger partial charge in [0.05, 0.1) is 5.56 Å². The van der Waals surface area contributed by atoms with E-state index in [2.05, 4.69) is 12.2 Å². The number of nitrogens with zero attached hydrogens (tertiary/aromatic N) is 1. The van der Waals surface area contributed by atoms with Crippen LogP contribution < -0.4 is 5.32 Å². The lowest BCUT2D eigenvalue weighted by Crippen LogP contribution is -2.33. The Kier molecular flexibility index (Phi) is 4.24. The Labute approximate surface area is 109 Å². The highest BCUT2D eigenvalue weighted by Crippen LogP contribution is 2.30. The highest BCUT2D eigenvalue weighted by Gasteiger charge is 2.27. The van der Waals surface area contributed by atoms with Crippen LogP contribution in [0.2, 0.25) is 0 Å². The van der Waals surface area contributed by atoms with Crippen molar-refractivity contribution in [2.24, 2.45) is 5.92 Å². The first kappa shape index (κ1) is 12.9. The minimum atomic E-state index is 0.154. The molecule has 0 radical (unpaired) electrons. The summed E-state index contributed by atoms with van der Waals surface area (Å²) in [5.41, 5.74) is 1.74. The van der Waals surface area contributed by atoms with E-state index in [4.69, 9.17) is 0 Å². The normalized spacial score (nSPS) is 14.3. The Morgan fingerprint density at radius 2 is 2.06 bits per heavy atom. The quantitative estimate of drug-likeness (QED) is 0.837. The van der Waals surface area contributed by atoms with Crippen molar-refractivity contribution in [2.45, 2.75) is 26.7 Å². The van der Waals surface area contributed by atoms with Crippen LogP contribution in [0.15, 0.2) is 24.3 Å². The van der Waals surface area contributed by atoms with E-state index in [1.165, 1.54) is 12.8 Å². The van der Waals surface area contributed by atoms with Crippen molar-refractivity contribution in [1.29, 1.82) is 0 Å². The number of carbonyl (C=O) groups excluding carboxylic acids is 1. The molecule has 0 aliphatic heterocycles. The van der Waals surface area contributed by atoms with E-state index >= 15 is 0 Å². The predicted molar refractivity (Wildman–Crippen MR) is 74.9 cm³/mol. The molecule has 0 heterocycles. The van der Waals surface area contributed by atoms with E-state index in [0.29, 0.717) is 0 Å². The SMILES string of the molecule is CCNc1ccccc1C(=O)N(CC)CC1CC1. The van der Waals surface area contributed by atoms with E-state index in [9.17, 15) is 4.79 Å². The topological polar surface area (TPSA) is 32.3 Å². The van der Waals surface area contributed by atoms with Crippen LogP contribution in [0.1, 0.15) is 37.0 Å². The zero-order chi connectivity index (χ0) is 13.0. The van der Waals surface area contributed by atoms with Gasteiger partial charge in [0.15, 0.2) is 0 Å². The molecular weight excluding hydrogens is 224 g/mol. The second-order valence-electron chi connectivity index (χ2n) is 4.86. The molecule has 3 heteroatoms. The van der Waals surface area contributed by atoms with E-state index in [0.717, 1.165) is 36.8 Å². The molecule has 1 aromatic carbocycles. The molecule has 18 heavy (non-hydrogen) atoms. The molecule has 3 nitrogen and oxygen atoms in total. The van der Waals surface area contributed by atoms with Gasteiger partial charge in [-0.05, 0) is 44.7 Å². The maximum Gasteiger partial charge on any atom is 0.255 e. The molecule has 0 saturated heterocycles. The number of carbonyl (C=O) groups is 1. The van der Waals surface area contributed by atoms with Gasteiger partial charge in [0.1, 0.15) is 0 Å². The zero-order valence-electron chi connectivity index (χ0n) is 11.3. The molecule has 1 N–H and O–H groups in total. The van der Waals surface area contributed by atoms with Gasteiger partial charge in [-0.2, -0.15) is 0 Å². The largest absolute Gasteiger partial charge is 0.385 e. The summed E-state index contributed by atoms with van der Waals surface area (Å²) < 4.78 is 0. The first-order valence-electron chi connectivity index (χ1n) is 6.88. The summed E-state index contributed by atoms with van der Waals surface area (Å²) in [5, 5.41) is 3.26. The second kappa shape index (κ2) is 5.89. The molecule has 0 bridgehead atoms. The first-order chi connectivity index (χ1) is 8.76. The molecule has 0 spiro atoms. The average Bonchev–Trinajstić information content (AvgIpc) is 3.20. The molecule has 1 aliphatic rings. The highest BCUT2D eigenvalue weighted by atomic mass is 16.2. The van der Waals surface area contributed by atoms with Crippen molar-refractivity contribution in [3.05, 3.63) is 29.8 Å². The molecule has 2 rings (SSSR count). The van der Waals surface area contributed by atoms with E-state index < -0.39 is 0 Å². The average molecular weight is 246 g/mol. The number of nitrogens with one attached hydrogen (secondary N) is 1. The Balaban J connectivity index is 2.14. The van der Waals surface area contributed by atoms with Crippen LogP contribution in [0.3, 0.4) is 0 Å². The fourth-order valence-electron chi connectivity index (χ4n) is 2.15. The Morgan fingerprint density at radius 1 is 1.33 bits per heavy atom. The van der Waals surface area contributed by atoms with Gasteiger partial charge in [0.2, 0.25) is 0 Å². The predicted octanol–water partition coefficient (Wildman–Crippen LogP) is 2.99. The van der Waals surface area contributed by atoms with Crippen molar-refractivity contribution in [2.75, 3.05) is 25.0 Å². The van der Waals surface area contributed by atoms with Crippen LogP contribution in [0.5, 0.6) is 0 Å². The van der Waals surface area contributed by atoms with Gasteiger partial charge in [-0.25, -0.2) is 0 Å². The van der Waals surface area contributed by atoms with Crippen molar-refractivity contribution < 1.29 is 4.79 Å². The number of para-hydroxylation sites is 1. The lowest BCUT2D eigenvalue weighted by molar-refractivity contribution is 0.0758. The minimum absolute atomic E-state index is 0.154. The lowest BCUT2D eigenvalue weighted by atomic mass is 10.1. The van der Waals surface area contributed by atoms with Gasteiger partial charge in [0, 0.05) is 25.3 Å². The molecule has 0 atom stereocenters. The van der Waals surface area contributed by atoms with Gasteiger partial charge in [0.25, 0.3) is 5.91 Å². The van der Waals surface area contributed by atoms with Gasteiger partial charge >= 0.3 is 0 Å². The molecule has 0 aromatic heterocycles. The van der Waals surface area contributed by atoms with E-state index in [1.807, 2.05) is 36.1 Å². The van der Waals surface area contributed by atoms with Crippen LogP contribution in [-0.2, 0) is 0 Å². The van der Waals surface area contributed by atoms with Gasteiger partial charge in [-0.3, -0.25) is 4.79 Å². The molecule has 0 unspecified atom stereocenters. The number of amides is 1. The number of rotatable bonds is 6. The summed E-state index contributed by atoms with van der Waals surface area (Å²) in [4.78, 5) is 14.5. The van der Waals surface area contributed by atoms with Crippen LogP contribution >= 0.6 is 0 Å². The maximum atomic E-state index is 12.5. The lowest BCUT2D eigenvalue weighted by Gasteiger charge is -2.22. The molecule has 98 valence electrons. The van der Waals surface area contributed by atoms with Crippen molar-refractivity contribution in [1.82, 2.24) is 4.90 Å². The summed E-state index contributed by atoms with van der Waals surface area (Å²) in [7, 11) is 0. The number of hydrogen-bond donors (Lipinski definition) is 1. The van der Waals surface area contributed by atoms with Gasteiger partial charge in [-0.1, -0.05) is 12.1 Å². The van der Waals surface area contributed by atoms with Crippen molar-refractivity contribution >= 4 is 11.6 Å². The fraction of sp³-hybridized carbons (Fsp3) is 0.533. The zero-order valence-corrected chi connectivity index (χ0v) is 11.3. The summed E-state index contributed by atoms with van der Waals surface area (Å²) in [5.74, 6) is 0.890. The molecule has 1 fully saturated rings. The van der Waals surface area contributed by atoms with Gasteiger partial charge in [-0.15, -0.1) is 0 Å². The standard InChI is InChI=1S/C15H22N2O/c1-3-16-14-8-6-5-7-13(14)15(18)17(4-2)11-12-9-10-12/h5-8,12,16H,3-4,9-11H2,1-2H3. The number of anilines is 1. The Bertz CT molecular complexity index is 413. The molecular formula is C15H22N2O. The molecule has 1 aliphatic carbocycles. The Hall–Kier alpha value is -1.51. The number of benzene rings is 1. The van der Waals surface area contributed by atoms with Crippen LogP contribution in [0.4, 0.5) is 5.69 Å². The summed E-state index contributed by atoms with van der Waals surface area (Å²) >= 11 is 0. The molecule has 1 aromatic rings. The van der Waals surface area contributed by atoms with Crippen LogP contribution in [0, 0.1) is 5.92 Å². The monoisotopic (exact) mass is 246 g/mol. The van der Waals surface area contributed by atoms with E-state index in [-0.39, 0.29) is 5.91 Å².